The van der Waals surface area contributed by atoms with E-state index in [9.17, 15) is 9.90 Å². The van der Waals surface area contributed by atoms with Crippen molar-refractivity contribution in [1.82, 2.24) is 0 Å². The van der Waals surface area contributed by atoms with Gasteiger partial charge in [-0.05, 0) is 19.1 Å². The normalized spacial score (nSPS) is 10.1. The van der Waals surface area contributed by atoms with E-state index < -0.39 is 0 Å². The van der Waals surface area contributed by atoms with E-state index in [-0.39, 0.29) is 11.5 Å². The summed E-state index contributed by atoms with van der Waals surface area (Å²) < 4.78 is 0. The van der Waals surface area contributed by atoms with Crippen LogP contribution in [0, 0.1) is 6.92 Å². The molecule has 16 heavy (non-hydrogen) atoms. The van der Waals surface area contributed by atoms with E-state index in [1.165, 1.54) is 6.07 Å². The summed E-state index contributed by atoms with van der Waals surface area (Å²) in [5, 5.41) is 9.30. The lowest BCUT2D eigenvalue weighted by molar-refractivity contribution is 0.103. The Morgan fingerprint density at radius 3 is 2.31 bits per heavy atom. The third kappa shape index (κ3) is 2.11. The Labute approximate surface area is 94.2 Å². The molecule has 0 aliphatic carbocycles. The fourth-order valence-corrected chi connectivity index (χ4v) is 1.52. The Bertz CT molecular complexity index is 513. The summed E-state index contributed by atoms with van der Waals surface area (Å²) in [6.45, 7) is 1.97. The lowest BCUT2D eigenvalue weighted by Gasteiger charge is -2.02. The Morgan fingerprint density at radius 1 is 1.00 bits per heavy atom. The van der Waals surface area contributed by atoms with Crippen LogP contribution in [0.15, 0.2) is 48.5 Å². The number of phenols is 1. The maximum Gasteiger partial charge on any atom is 0.193 e. The molecule has 2 rings (SSSR count). The summed E-state index contributed by atoms with van der Waals surface area (Å²) in [4.78, 5) is 12.0. The predicted molar refractivity (Wildman–Crippen MR) is 62.7 cm³/mol. The van der Waals surface area contributed by atoms with Crippen LogP contribution in [0.1, 0.15) is 21.5 Å². The van der Waals surface area contributed by atoms with Crippen molar-refractivity contribution < 1.29 is 9.90 Å². The van der Waals surface area contributed by atoms with Crippen LogP contribution in [0.2, 0.25) is 0 Å². The van der Waals surface area contributed by atoms with Crippen LogP contribution in [-0.4, -0.2) is 10.9 Å². The second-order valence-electron chi connectivity index (χ2n) is 3.75. The number of carbonyl (C=O) groups is 1. The summed E-state index contributed by atoms with van der Waals surface area (Å²) in [6, 6.07) is 13.8. The number of aryl methyl sites for hydroxylation is 1. The van der Waals surface area contributed by atoms with Crippen LogP contribution in [0.3, 0.4) is 0 Å². The zero-order valence-electron chi connectivity index (χ0n) is 8.97. The molecule has 0 radical (unpaired) electrons. The standard InChI is InChI=1S/C14H12O2/c1-10-5-7-11(8-6-10)14(16)12-3-2-4-13(15)9-12/h2-9,15H,1H3. The molecule has 0 bridgehead atoms. The number of hydrogen-bond acceptors (Lipinski definition) is 2. The SMILES string of the molecule is Cc1ccc(C(=O)c2cccc(O)c2)cc1. The summed E-state index contributed by atoms with van der Waals surface area (Å²) in [7, 11) is 0. The lowest BCUT2D eigenvalue weighted by Crippen LogP contribution is -2.00. The number of hydrogen-bond donors (Lipinski definition) is 1. The highest BCUT2D eigenvalue weighted by atomic mass is 16.3. The van der Waals surface area contributed by atoms with Gasteiger partial charge in [-0.1, -0.05) is 42.0 Å². The van der Waals surface area contributed by atoms with Crippen molar-refractivity contribution in [2.45, 2.75) is 6.92 Å². The van der Waals surface area contributed by atoms with Gasteiger partial charge in [-0.3, -0.25) is 4.79 Å². The first kappa shape index (κ1) is 10.4. The van der Waals surface area contributed by atoms with E-state index in [4.69, 9.17) is 0 Å². The van der Waals surface area contributed by atoms with E-state index in [0.29, 0.717) is 11.1 Å². The van der Waals surface area contributed by atoms with Crippen LogP contribution in [0.4, 0.5) is 0 Å². The largest absolute Gasteiger partial charge is 0.508 e. The van der Waals surface area contributed by atoms with Gasteiger partial charge in [0.05, 0.1) is 0 Å². The van der Waals surface area contributed by atoms with Crippen molar-refractivity contribution >= 4 is 5.78 Å². The minimum atomic E-state index is -0.0732. The molecular weight excluding hydrogens is 200 g/mol. The third-order valence-corrected chi connectivity index (χ3v) is 2.42. The molecule has 80 valence electrons. The third-order valence-electron chi connectivity index (χ3n) is 2.42. The summed E-state index contributed by atoms with van der Waals surface area (Å²) in [5.74, 6) is 0.0360. The van der Waals surface area contributed by atoms with E-state index in [1.807, 2.05) is 19.1 Å². The highest BCUT2D eigenvalue weighted by molar-refractivity contribution is 6.09. The number of rotatable bonds is 2. The molecule has 2 heteroatoms. The summed E-state index contributed by atoms with van der Waals surface area (Å²) in [6.07, 6.45) is 0. The van der Waals surface area contributed by atoms with Gasteiger partial charge in [-0.15, -0.1) is 0 Å². The number of ketones is 1. The molecule has 2 aromatic rings. The van der Waals surface area contributed by atoms with Crippen molar-refractivity contribution in [3.63, 3.8) is 0 Å². The van der Waals surface area contributed by atoms with Gasteiger partial charge >= 0.3 is 0 Å². The Morgan fingerprint density at radius 2 is 1.69 bits per heavy atom. The van der Waals surface area contributed by atoms with Crippen LogP contribution in [0.25, 0.3) is 0 Å². The topological polar surface area (TPSA) is 37.3 Å². The quantitative estimate of drug-likeness (QED) is 0.777. The fourth-order valence-electron chi connectivity index (χ4n) is 1.52. The van der Waals surface area contributed by atoms with Crippen molar-refractivity contribution in [3.05, 3.63) is 65.2 Å². The van der Waals surface area contributed by atoms with Gasteiger partial charge in [0.15, 0.2) is 5.78 Å². The van der Waals surface area contributed by atoms with Crippen LogP contribution < -0.4 is 0 Å². The van der Waals surface area contributed by atoms with Crippen molar-refractivity contribution in [2.24, 2.45) is 0 Å². The highest BCUT2D eigenvalue weighted by Gasteiger charge is 2.08. The fraction of sp³-hybridized carbons (Fsp3) is 0.0714. The van der Waals surface area contributed by atoms with Crippen LogP contribution >= 0.6 is 0 Å². The second-order valence-corrected chi connectivity index (χ2v) is 3.75. The van der Waals surface area contributed by atoms with Crippen molar-refractivity contribution in [3.8, 4) is 5.75 Å². The average molecular weight is 212 g/mol. The number of phenolic OH excluding ortho intramolecular Hbond substituents is 1. The average Bonchev–Trinajstić information content (AvgIpc) is 2.29. The van der Waals surface area contributed by atoms with Crippen LogP contribution in [-0.2, 0) is 0 Å². The van der Waals surface area contributed by atoms with Gasteiger partial charge in [-0.25, -0.2) is 0 Å². The first-order valence-corrected chi connectivity index (χ1v) is 5.07. The molecule has 2 nitrogen and oxygen atoms in total. The molecule has 0 unspecified atom stereocenters. The zero-order chi connectivity index (χ0) is 11.5. The van der Waals surface area contributed by atoms with Gasteiger partial charge < -0.3 is 5.11 Å². The Kier molecular flexibility index (Phi) is 2.73. The minimum absolute atomic E-state index is 0.0732. The number of carbonyl (C=O) groups excluding carboxylic acids is 1. The van der Waals surface area contributed by atoms with Crippen LogP contribution in [0.5, 0.6) is 5.75 Å². The maximum atomic E-state index is 12.0. The summed E-state index contributed by atoms with van der Waals surface area (Å²) in [5.41, 5.74) is 2.26. The van der Waals surface area contributed by atoms with Gasteiger partial charge in [0.2, 0.25) is 0 Å². The van der Waals surface area contributed by atoms with Gasteiger partial charge in [-0.2, -0.15) is 0 Å². The maximum absolute atomic E-state index is 12.0. The molecule has 2 aromatic carbocycles. The number of benzene rings is 2. The minimum Gasteiger partial charge on any atom is -0.508 e. The molecule has 0 atom stereocenters. The van der Waals surface area contributed by atoms with Gasteiger partial charge in [0, 0.05) is 11.1 Å². The van der Waals surface area contributed by atoms with Crippen molar-refractivity contribution in [1.29, 1.82) is 0 Å². The summed E-state index contributed by atoms with van der Waals surface area (Å²) >= 11 is 0. The lowest BCUT2D eigenvalue weighted by atomic mass is 10.0. The Balaban J connectivity index is 2.35. The second kappa shape index (κ2) is 4.19. The molecular formula is C14H12O2. The van der Waals surface area contributed by atoms with E-state index in [2.05, 4.69) is 0 Å². The predicted octanol–water partition coefficient (Wildman–Crippen LogP) is 2.93. The monoisotopic (exact) mass is 212 g/mol. The molecule has 0 saturated carbocycles. The zero-order valence-corrected chi connectivity index (χ0v) is 8.97. The highest BCUT2D eigenvalue weighted by Crippen LogP contribution is 2.15. The van der Waals surface area contributed by atoms with E-state index in [0.717, 1.165) is 5.56 Å². The molecule has 0 aliphatic rings. The molecule has 0 amide bonds. The van der Waals surface area contributed by atoms with Gasteiger partial charge in [0.1, 0.15) is 5.75 Å². The van der Waals surface area contributed by atoms with E-state index >= 15 is 0 Å². The first-order valence-electron chi connectivity index (χ1n) is 5.07. The van der Waals surface area contributed by atoms with Gasteiger partial charge in [0.25, 0.3) is 0 Å². The smallest absolute Gasteiger partial charge is 0.193 e. The van der Waals surface area contributed by atoms with Crippen molar-refractivity contribution in [2.75, 3.05) is 0 Å². The number of aromatic hydroxyl groups is 1. The molecule has 0 fully saturated rings. The molecule has 0 spiro atoms. The molecule has 0 aromatic heterocycles. The van der Waals surface area contributed by atoms with E-state index in [1.54, 1.807) is 30.3 Å². The first-order chi connectivity index (χ1) is 7.66. The molecule has 1 N–H and O–H groups in total. The Hall–Kier alpha value is -2.09. The molecule has 0 saturated heterocycles. The molecule has 0 aliphatic heterocycles. The molecule has 0 heterocycles.